The van der Waals surface area contributed by atoms with Crippen molar-refractivity contribution in [2.75, 3.05) is 24.3 Å². The lowest BCUT2D eigenvalue weighted by molar-refractivity contribution is -0.141. The molecule has 3 aromatic rings. The zero-order valence-electron chi connectivity index (χ0n) is 17.1. The Balaban J connectivity index is 1.79. The Bertz CT molecular complexity index is 1040. The molecule has 0 fully saturated rings. The highest BCUT2D eigenvalue weighted by Crippen LogP contribution is 2.33. The fraction of sp³-hybridized carbons (Fsp3) is 0.227. The van der Waals surface area contributed by atoms with E-state index >= 15 is 0 Å². The van der Waals surface area contributed by atoms with Crippen molar-refractivity contribution >= 4 is 29.0 Å². The van der Waals surface area contributed by atoms with Gasteiger partial charge in [0.1, 0.15) is 5.69 Å². The first-order chi connectivity index (χ1) is 14.6. The lowest BCUT2D eigenvalue weighted by atomic mass is 10.1. The van der Waals surface area contributed by atoms with Gasteiger partial charge in [-0.1, -0.05) is 42.1 Å². The molecule has 0 saturated carbocycles. The maximum absolute atomic E-state index is 13.4. The minimum absolute atomic E-state index is 0.112. The van der Waals surface area contributed by atoms with Crippen LogP contribution in [0.15, 0.2) is 65.8 Å². The Hall–Kier alpha value is -3.07. The van der Waals surface area contributed by atoms with Crippen molar-refractivity contribution in [1.29, 1.82) is 0 Å². The van der Waals surface area contributed by atoms with Gasteiger partial charge in [-0.3, -0.25) is 4.79 Å². The van der Waals surface area contributed by atoms with Crippen LogP contribution in [0.2, 0.25) is 0 Å². The molecule has 162 valence electrons. The zero-order valence-corrected chi connectivity index (χ0v) is 18.0. The SMILES string of the molecule is CC(Sc1nc(-c2ccccc2)cc(C(F)(F)F)n1)C(=O)Nc1ccc(N(C)C)cc1. The van der Waals surface area contributed by atoms with Crippen LogP contribution in [0.3, 0.4) is 0 Å². The molecule has 0 spiro atoms. The number of benzene rings is 2. The van der Waals surface area contributed by atoms with E-state index in [2.05, 4.69) is 15.3 Å². The summed E-state index contributed by atoms with van der Waals surface area (Å²) in [4.78, 5) is 22.4. The van der Waals surface area contributed by atoms with Crippen LogP contribution in [0.5, 0.6) is 0 Å². The molecule has 31 heavy (non-hydrogen) atoms. The van der Waals surface area contributed by atoms with Crippen LogP contribution < -0.4 is 10.2 Å². The number of hydrogen-bond donors (Lipinski definition) is 1. The number of halogens is 3. The second kappa shape index (κ2) is 9.38. The van der Waals surface area contributed by atoms with Gasteiger partial charge >= 0.3 is 6.18 Å². The molecule has 1 unspecified atom stereocenters. The molecular formula is C22H21F3N4OS. The van der Waals surface area contributed by atoms with Crippen molar-refractivity contribution in [3.05, 3.63) is 66.4 Å². The van der Waals surface area contributed by atoms with Crippen molar-refractivity contribution in [2.45, 2.75) is 23.5 Å². The standard InChI is InChI=1S/C22H21F3N4OS/c1-14(20(30)26-16-9-11-17(12-10-16)29(2)3)31-21-27-18(15-7-5-4-6-8-15)13-19(28-21)22(23,24)25/h4-14H,1-3H3,(H,26,30). The number of alkyl halides is 3. The summed E-state index contributed by atoms with van der Waals surface area (Å²) >= 11 is 0.876. The summed E-state index contributed by atoms with van der Waals surface area (Å²) in [6.45, 7) is 1.60. The number of anilines is 2. The Morgan fingerprint density at radius 1 is 1.03 bits per heavy atom. The highest BCUT2D eigenvalue weighted by molar-refractivity contribution is 8.00. The zero-order chi connectivity index (χ0) is 22.6. The molecule has 3 rings (SSSR count). The maximum Gasteiger partial charge on any atom is 0.433 e. The van der Waals surface area contributed by atoms with Crippen molar-refractivity contribution < 1.29 is 18.0 Å². The number of carbonyl (C=O) groups excluding carboxylic acids is 1. The number of nitrogens with one attached hydrogen (secondary N) is 1. The average Bonchev–Trinajstić information content (AvgIpc) is 2.74. The van der Waals surface area contributed by atoms with Gasteiger partial charge in [0, 0.05) is 31.0 Å². The van der Waals surface area contributed by atoms with Crippen LogP contribution >= 0.6 is 11.8 Å². The van der Waals surface area contributed by atoms with Gasteiger partial charge in [-0.2, -0.15) is 13.2 Å². The number of rotatable bonds is 6. The molecule has 1 amide bonds. The van der Waals surface area contributed by atoms with E-state index < -0.39 is 17.1 Å². The molecule has 9 heteroatoms. The number of carbonyl (C=O) groups is 1. The summed E-state index contributed by atoms with van der Waals surface area (Å²) in [6, 6.07) is 16.7. The van der Waals surface area contributed by atoms with Crippen molar-refractivity contribution in [3.63, 3.8) is 0 Å². The second-order valence-corrected chi connectivity index (χ2v) is 8.28. The van der Waals surface area contributed by atoms with Crippen LogP contribution in [-0.2, 0) is 11.0 Å². The fourth-order valence-corrected chi connectivity index (χ4v) is 3.46. The average molecular weight is 446 g/mol. The molecule has 0 aliphatic heterocycles. The van der Waals surface area contributed by atoms with Gasteiger partial charge in [-0.15, -0.1) is 0 Å². The Morgan fingerprint density at radius 3 is 2.26 bits per heavy atom. The van der Waals surface area contributed by atoms with Crippen molar-refractivity contribution in [1.82, 2.24) is 9.97 Å². The number of aromatic nitrogens is 2. The molecule has 1 aromatic heterocycles. The first-order valence-electron chi connectivity index (χ1n) is 9.40. The first kappa shape index (κ1) is 22.6. The van der Waals surface area contributed by atoms with Crippen LogP contribution in [-0.4, -0.2) is 35.2 Å². The Kier molecular flexibility index (Phi) is 6.84. The third kappa shape index (κ3) is 5.97. The van der Waals surface area contributed by atoms with E-state index in [-0.39, 0.29) is 16.8 Å². The summed E-state index contributed by atoms with van der Waals surface area (Å²) in [5.74, 6) is -0.357. The molecule has 0 radical (unpaired) electrons. The van der Waals surface area contributed by atoms with E-state index in [1.165, 1.54) is 0 Å². The lowest BCUT2D eigenvalue weighted by Crippen LogP contribution is -2.23. The number of thioether (sulfide) groups is 1. The normalized spacial score (nSPS) is 12.3. The van der Waals surface area contributed by atoms with E-state index in [9.17, 15) is 18.0 Å². The highest BCUT2D eigenvalue weighted by Gasteiger charge is 2.34. The summed E-state index contributed by atoms with van der Waals surface area (Å²) in [5, 5.41) is 1.94. The molecular weight excluding hydrogens is 425 g/mol. The van der Waals surface area contributed by atoms with Crippen LogP contribution in [0.4, 0.5) is 24.5 Å². The minimum atomic E-state index is -4.62. The quantitative estimate of drug-likeness (QED) is 0.409. The molecule has 1 heterocycles. The third-order valence-corrected chi connectivity index (χ3v) is 5.33. The predicted octanol–water partition coefficient (Wildman–Crippen LogP) is 5.35. The Labute approximate surface area is 182 Å². The summed E-state index contributed by atoms with van der Waals surface area (Å²) in [7, 11) is 3.82. The van der Waals surface area contributed by atoms with E-state index in [4.69, 9.17) is 0 Å². The van der Waals surface area contributed by atoms with E-state index in [0.29, 0.717) is 11.3 Å². The number of hydrogen-bond acceptors (Lipinski definition) is 5. The van der Waals surface area contributed by atoms with Gasteiger partial charge in [-0.05, 0) is 37.3 Å². The van der Waals surface area contributed by atoms with Gasteiger partial charge in [0.25, 0.3) is 0 Å². The van der Waals surface area contributed by atoms with Crippen LogP contribution in [0.1, 0.15) is 12.6 Å². The first-order valence-corrected chi connectivity index (χ1v) is 10.3. The molecule has 2 aromatic carbocycles. The fourth-order valence-electron chi connectivity index (χ4n) is 2.68. The molecule has 0 bridgehead atoms. The van der Waals surface area contributed by atoms with E-state index in [0.717, 1.165) is 23.5 Å². The van der Waals surface area contributed by atoms with Gasteiger partial charge < -0.3 is 10.2 Å². The van der Waals surface area contributed by atoms with Gasteiger partial charge in [0.2, 0.25) is 5.91 Å². The van der Waals surface area contributed by atoms with Crippen LogP contribution in [0, 0.1) is 0 Å². The molecule has 1 atom stereocenters. The van der Waals surface area contributed by atoms with E-state index in [1.54, 1.807) is 49.4 Å². The van der Waals surface area contributed by atoms with Crippen molar-refractivity contribution in [3.8, 4) is 11.3 Å². The molecule has 0 aliphatic rings. The number of amides is 1. The molecule has 5 nitrogen and oxygen atoms in total. The predicted molar refractivity (Wildman–Crippen MR) is 117 cm³/mol. The second-order valence-electron chi connectivity index (χ2n) is 6.98. The topological polar surface area (TPSA) is 58.1 Å². The highest BCUT2D eigenvalue weighted by atomic mass is 32.2. The summed E-state index contributed by atoms with van der Waals surface area (Å²) in [5.41, 5.74) is 1.22. The molecule has 1 N–H and O–H groups in total. The van der Waals surface area contributed by atoms with Gasteiger partial charge in [0.05, 0.1) is 10.9 Å². The smallest absolute Gasteiger partial charge is 0.378 e. The summed E-state index contributed by atoms with van der Waals surface area (Å²) < 4.78 is 40.1. The molecule has 0 aliphatic carbocycles. The maximum atomic E-state index is 13.4. The van der Waals surface area contributed by atoms with Crippen LogP contribution in [0.25, 0.3) is 11.3 Å². The van der Waals surface area contributed by atoms with Gasteiger partial charge in [-0.25, -0.2) is 9.97 Å². The monoisotopic (exact) mass is 446 g/mol. The number of nitrogens with zero attached hydrogens (tertiary/aromatic N) is 3. The van der Waals surface area contributed by atoms with E-state index in [1.807, 2.05) is 31.1 Å². The largest absolute Gasteiger partial charge is 0.433 e. The van der Waals surface area contributed by atoms with Crippen molar-refractivity contribution in [2.24, 2.45) is 0 Å². The molecule has 0 saturated heterocycles. The Morgan fingerprint density at radius 2 is 1.68 bits per heavy atom. The summed E-state index contributed by atoms with van der Waals surface area (Å²) in [6.07, 6.45) is -4.62. The lowest BCUT2D eigenvalue weighted by Gasteiger charge is -2.15. The van der Waals surface area contributed by atoms with Gasteiger partial charge in [0.15, 0.2) is 5.16 Å². The third-order valence-electron chi connectivity index (χ3n) is 4.37. The minimum Gasteiger partial charge on any atom is -0.378 e.